The molecule has 7 saturated heterocycles. The highest BCUT2D eigenvalue weighted by Gasteiger charge is 2.59. The van der Waals surface area contributed by atoms with Crippen LogP contribution in [0.3, 0.4) is 0 Å². The topological polar surface area (TPSA) is 690 Å². The molecule has 0 amide bonds. The quantitative estimate of drug-likeness (QED) is 0.0422. The average molecular weight is 1440 g/mol. The van der Waals surface area contributed by atoms with Gasteiger partial charge < -0.3 is 210 Å². The molecule has 0 aromatic heterocycles. The van der Waals surface area contributed by atoms with Crippen molar-refractivity contribution in [2.45, 2.75) is 277 Å². The van der Waals surface area contributed by atoms with Gasteiger partial charge in [0.25, 0.3) is 0 Å². The number of rotatable bonds is 23. The lowest BCUT2D eigenvalue weighted by atomic mass is 9.86. The number of hydrogen-bond acceptors (Lipinski definition) is 42. The van der Waals surface area contributed by atoms with E-state index in [4.69, 9.17) is 61.6 Å². The number of ether oxygens (including phenoxy) is 13. The van der Waals surface area contributed by atoms with Gasteiger partial charge in [0.2, 0.25) is 0 Å². The van der Waals surface area contributed by atoms with Crippen LogP contribution in [0.15, 0.2) is 23.3 Å². The van der Waals surface area contributed by atoms with Crippen LogP contribution in [0.5, 0.6) is 0 Å². The van der Waals surface area contributed by atoms with Gasteiger partial charge in [0.1, 0.15) is 183 Å². The van der Waals surface area contributed by atoms with Gasteiger partial charge >= 0.3 is 0 Å². The zero-order valence-corrected chi connectivity index (χ0v) is 52.3. The molecule has 42 nitrogen and oxygen atoms in total. The van der Waals surface area contributed by atoms with Gasteiger partial charge in [-0.3, -0.25) is 0 Å². The zero-order chi connectivity index (χ0) is 72.0. The van der Waals surface area contributed by atoms with Crippen LogP contribution in [0.2, 0.25) is 0 Å². The molecule has 2 aliphatic carbocycles. The highest BCUT2D eigenvalue weighted by molar-refractivity contribution is 5.24. The summed E-state index contributed by atoms with van der Waals surface area (Å²) >= 11 is 0. The van der Waals surface area contributed by atoms with E-state index in [0.29, 0.717) is 0 Å². The highest BCUT2D eigenvalue weighted by atomic mass is 16.8. The van der Waals surface area contributed by atoms with Crippen LogP contribution < -0.4 is 10.6 Å². The molecular weight excluding hydrogens is 1340 g/mol. The fourth-order valence-corrected chi connectivity index (χ4v) is 13.4. The van der Waals surface area contributed by atoms with Gasteiger partial charge in [-0.1, -0.05) is 12.2 Å². The molecule has 0 spiro atoms. The van der Waals surface area contributed by atoms with Crippen molar-refractivity contribution < 1.29 is 199 Å². The maximum atomic E-state index is 11.5. The van der Waals surface area contributed by atoms with E-state index in [1.165, 1.54) is 19.9 Å². The minimum atomic E-state index is -2.20. The van der Waals surface area contributed by atoms with E-state index in [0.717, 1.165) is 6.08 Å². The molecule has 0 bridgehead atoms. The summed E-state index contributed by atoms with van der Waals surface area (Å²) < 4.78 is 73.8. The molecule has 42 heteroatoms. The van der Waals surface area contributed by atoms with Crippen molar-refractivity contribution in [2.75, 3.05) is 46.2 Å². The summed E-state index contributed by atoms with van der Waals surface area (Å²) in [7, 11) is 0. The van der Waals surface area contributed by atoms with E-state index < -0.39 is 310 Å². The monoisotopic (exact) mass is 1430 g/mol. The molecule has 98 heavy (non-hydrogen) atoms. The molecule has 7 fully saturated rings. The normalized spacial score (nSPS) is 52.9. The van der Waals surface area contributed by atoms with Crippen LogP contribution in [-0.2, 0) is 61.6 Å². The first-order valence-electron chi connectivity index (χ1n) is 31.7. The van der Waals surface area contributed by atoms with Crippen molar-refractivity contribution in [3.05, 3.63) is 23.3 Å². The van der Waals surface area contributed by atoms with Crippen molar-refractivity contribution in [1.82, 2.24) is 10.6 Å². The predicted octanol–water partition coefficient (Wildman–Crippen LogP) is -18.3. The van der Waals surface area contributed by atoms with Crippen LogP contribution in [0, 0.1) is 0 Å². The average Bonchev–Trinajstić information content (AvgIpc) is 0.778. The molecule has 7 heterocycles. The Morgan fingerprint density at radius 2 is 0.571 bits per heavy atom. The standard InChI is InChI=1S/C56H94N2O40/c1-12-23(57-16-3-14(5-59)25(66)31(72)26(16)67)29(70)38(79)50(86-12)94-46-19(8-62)89-52(41(82)34(46)75)93-45-15(6-60)4-17(27(68)33(45)74)58-24-13(2)87-51(39(80)30(24)71)95-47-20(9-63)90-53(42(83)35(47)76)96-48-21(10-64)91-54(43(84)36(48)77)97-49-22(11-65)92-56(44(85)37(49)78)98-55-40(81)32(73)28(69)18(7-61)88-55/h3-4,12-13,16-85H,5-11H2,1-2H3/t12-,13-,16+,17+,18-,19-,20-,21-,22-,23-,24-,25-,26+,27+,28-,29+,30+,31+,32+,33-,34-,35-,36-,37-,38-,39-,40-,41-,42-,43-,44-,45-,46-,47-,48-,49-,50-,51-,52-,53-,54-,55-,56-/m1/s1. The SMILES string of the molecule is C[C@H]1O[C@H](O[C@H]2[C@H](O)[C@@H](O)[C@@H](O[C@H]3[C@H](O)[C@@H](O)[C@@H](O[C@H]4[C@H](O)[C@@H](O)[C@@H](O[C@H]5O[C@H](CO)[C@@H](O)[C@H](O)[C@H]5O)O[C@@H]4CO)O[C@@H]3CO)O[C@@H]2CO)[C@H](O)[C@@H](O)[C@@H]1N[C@H]1C=C(CO)[C@@H](O[C@H]2O[C@H](CO)[C@@H](O[C@H]3O[C@H](C)[C@@H](N[C@H]4C=C(CO)[C@@H](O)[C@H](O)[C@H]4O)[C@H](O)[C@H]3O)[C@H](O)[C@H]2O)[C@H](O)[C@H]1O. The molecule has 0 radical (unpaired) electrons. The van der Waals surface area contributed by atoms with Crippen LogP contribution in [0.25, 0.3) is 0 Å². The zero-order valence-electron chi connectivity index (χ0n) is 52.3. The first-order valence-corrected chi connectivity index (χ1v) is 31.7. The molecule has 29 N–H and O–H groups in total. The first-order chi connectivity index (χ1) is 46.4. The van der Waals surface area contributed by atoms with Gasteiger partial charge in [-0.25, -0.2) is 0 Å². The van der Waals surface area contributed by atoms with Gasteiger partial charge in [-0.15, -0.1) is 0 Å². The largest absolute Gasteiger partial charge is 0.394 e. The third-order valence-electron chi connectivity index (χ3n) is 19.3. The van der Waals surface area contributed by atoms with Crippen molar-refractivity contribution in [3.8, 4) is 0 Å². The second-order valence-electron chi connectivity index (χ2n) is 25.6. The maximum absolute atomic E-state index is 11.5. The summed E-state index contributed by atoms with van der Waals surface area (Å²) in [5.41, 5.74) is -0.226. The van der Waals surface area contributed by atoms with Crippen molar-refractivity contribution in [1.29, 1.82) is 0 Å². The number of aliphatic hydroxyl groups excluding tert-OH is 27. The Balaban J connectivity index is 0.770. The van der Waals surface area contributed by atoms with Crippen LogP contribution >= 0.6 is 0 Å². The predicted molar refractivity (Wildman–Crippen MR) is 305 cm³/mol. The third-order valence-corrected chi connectivity index (χ3v) is 19.3. The van der Waals surface area contributed by atoms with E-state index in [-0.39, 0.29) is 11.1 Å². The van der Waals surface area contributed by atoms with Gasteiger partial charge in [-0.05, 0) is 25.0 Å². The summed E-state index contributed by atoms with van der Waals surface area (Å²) in [5.74, 6) is 0. The molecule has 0 saturated carbocycles. The summed E-state index contributed by atoms with van der Waals surface area (Å²) in [5, 5.41) is 297. The fraction of sp³-hybridized carbons (Fsp3) is 0.929. The van der Waals surface area contributed by atoms with Crippen molar-refractivity contribution in [2.24, 2.45) is 0 Å². The molecule has 0 unspecified atom stereocenters. The molecule has 568 valence electrons. The Labute approximate surface area is 555 Å². The molecule has 43 atom stereocenters. The minimum Gasteiger partial charge on any atom is -0.394 e. The van der Waals surface area contributed by atoms with E-state index in [1.807, 2.05) is 0 Å². The Hall–Kier alpha value is -2.20. The van der Waals surface area contributed by atoms with Crippen LogP contribution in [-0.4, -0.2) is 448 Å². The van der Waals surface area contributed by atoms with E-state index in [1.54, 1.807) is 0 Å². The summed E-state index contributed by atoms with van der Waals surface area (Å²) in [6.07, 6.45) is -70.0. The second kappa shape index (κ2) is 33.9. The summed E-state index contributed by atoms with van der Waals surface area (Å²) in [6.45, 7) is -3.71. The number of hydrogen-bond donors (Lipinski definition) is 29. The minimum absolute atomic E-state index is 0.0375. The summed E-state index contributed by atoms with van der Waals surface area (Å²) in [4.78, 5) is 0. The van der Waals surface area contributed by atoms with Crippen molar-refractivity contribution >= 4 is 0 Å². The Bertz CT molecular complexity index is 2550. The fourth-order valence-electron chi connectivity index (χ4n) is 13.4. The smallest absolute Gasteiger partial charge is 0.189 e. The molecule has 9 aliphatic rings. The van der Waals surface area contributed by atoms with E-state index >= 15 is 0 Å². The Morgan fingerprint density at radius 3 is 0.918 bits per heavy atom. The van der Waals surface area contributed by atoms with E-state index in [9.17, 15) is 138 Å². The Kier molecular flexibility index (Phi) is 27.7. The highest BCUT2D eigenvalue weighted by Crippen LogP contribution is 2.38. The lowest BCUT2D eigenvalue weighted by Gasteiger charge is -2.49. The molecule has 7 aliphatic heterocycles. The lowest BCUT2D eigenvalue weighted by Crippen LogP contribution is -2.69. The number of aliphatic hydroxyl groups is 27. The van der Waals surface area contributed by atoms with Gasteiger partial charge in [-0.2, -0.15) is 0 Å². The lowest BCUT2D eigenvalue weighted by molar-refractivity contribution is -0.399. The molecule has 0 aromatic carbocycles. The summed E-state index contributed by atoms with van der Waals surface area (Å²) in [6, 6.07) is -5.16. The van der Waals surface area contributed by atoms with Crippen LogP contribution in [0.4, 0.5) is 0 Å². The second-order valence-corrected chi connectivity index (χ2v) is 25.6. The Morgan fingerprint density at radius 1 is 0.286 bits per heavy atom. The molecule has 0 aromatic rings. The van der Waals surface area contributed by atoms with E-state index in [2.05, 4.69) is 10.6 Å². The molecule has 9 rings (SSSR count). The number of nitrogens with one attached hydrogen (secondary N) is 2. The van der Waals surface area contributed by atoms with Gasteiger partial charge in [0, 0.05) is 0 Å². The molecular formula is C56H94N2O40. The van der Waals surface area contributed by atoms with Crippen molar-refractivity contribution in [3.63, 3.8) is 0 Å². The van der Waals surface area contributed by atoms with Gasteiger partial charge in [0.05, 0.1) is 82.6 Å². The maximum Gasteiger partial charge on any atom is 0.189 e. The van der Waals surface area contributed by atoms with Gasteiger partial charge in [0.15, 0.2) is 44.0 Å². The third kappa shape index (κ3) is 16.1. The van der Waals surface area contributed by atoms with Crippen LogP contribution in [0.1, 0.15) is 13.8 Å². The first kappa shape index (κ1) is 79.9.